The Balaban J connectivity index is 1.30. The van der Waals surface area contributed by atoms with E-state index in [9.17, 15) is 9.59 Å². The average molecular weight is 605 g/mol. The molecule has 3 heterocycles. The lowest BCUT2D eigenvalue weighted by Gasteiger charge is -2.35. The summed E-state index contributed by atoms with van der Waals surface area (Å²) in [6.07, 6.45) is 0. The quantitative estimate of drug-likeness (QED) is 0.292. The minimum atomic E-state index is -0.649. The molecule has 5 rings (SSSR count). The van der Waals surface area contributed by atoms with Crippen LogP contribution in [-0.2, 0) is 0 Å². The van der Waals surface area contributed by atoms with E-state index >= 15 is 0 Å². The summed E-state index contributed by atoms with van der Waals surface area (Å²) in [7, 11) is 0. The fourth-order valence-corrected chi connectivity index (χ4v) is 5.49. The molecule has 4 aromatic rings. The van der Waals surface area contributed by atoms with E-state index < -0.39 is 5.63 Å². The van der Waals surface area contributed by atoms with E-state index in [1.807, 2.05) is 42.5 Å². The summed E-state index contributed by atoms with van der Waals surface area (Å²) < 4.78 is 6.88. The molecule has 34 heavy (non-hydrogen) atoms. The van der Waals surface area contributed by atoms with Crippen LogP contribution in [0.5, 0.6) is 0 Å². The summed E-state index contributed by atoms with van der Waals surface area (Å²) in [5, 5.41) is 9.96. The summed E-state index contributed by atoms with van der Waals surface area (Å²) in [6.45, 7) is 2.04. The highest BCUT2D eigenvalue weighted by molar-refractivity contribution is 9.11. The van der Waals surface area contributed by atoms with Gasteiger partial charge in [-0.2, -0.15) is 0 Å². The van der Waals surface area contributed by atoms with Crippen LogP contribution in [0.4, 0.5) is 5.82 Å². The molecule has 10 heteroatoms. The second-order valence-electron chi connectivity index (χ2n) is 7.79. The molecular formula is C24H17Br2ClN4O3. The molecule has 0 atom stereocenters. The molecule has 0 N–H and O–H groups in total. The van der Waals surface area contributed by atoms with Crippen molar-refractivity contribution in [2.75, 3.05) is 31.1 Å². The first-order valence-corrected chi connectivity index (χ1v) is 12.4. The smallest absolute Gasteiger partial charge is 0.349 e. The van der Waals surface area contributed by atoms with Gasteiger partial charge in [-0.25, -0.2) is 4.79 Å². The van der Waals surface area contributed by atoms with Crippen molar-refractivity contribution in [1.82, 2.24) is 15.1 Å². The van der Waals surface area contributed by atoms with Gasteiger partial charge in [-0.3, -0.25) is 4.79 Å². The van der Waals surface area contributed by atoms with Crippen LogP contribution in [0.25, 0.3) is 22.2 Å². The number of halogens is 3. The lowest BCUT2D eigenvalue weighted by Crippen LogP contribution is -2.49. The first kappa shape index (κ1) is 23.0. The maximum atomic E-state index is 13.1. The van der Waals surface area contributed by atoms with Crippen LogP contribution in [0.1, 0.15) is 10.4 Å². The van der Waals surface area contributed by atoms with Crippen LogP contribution in [0.2, 0.25) is 5.02 Å². The van der Waals surface area contributed by atoms with E-state index in [-0.39, 0.29) is 11.5 Å². The van der Waals surface area contributed by atoms with Gasteiger partial charge >= 0.3 is 5.63 Å². The van der Waals surface area contributed by atoms with Crippen LogP contribution in [-0.4, -0.2) is 47.2 Å². The van der Waals surface area contributed by atoms with Crippen molar-refractivity contribution in [3.8, 4) is 11.3 Å². The molecule has 7 nitrogen and oxygen atoms in total. The van der Waals surface area contributed by atoms with Crippen molar-refractivity contribution in [3.63, 3.8) is 0 Å². The zero-order valence-corrected chi connectivity index (χ0v) is 21.6. The number of benzene rings is 2. The van der Waals surface area contributed by atoms with Gasteiger partial charge in [0.05, 0.1) is 15.2 Å². The van der Waals surface area contributed by atoms with Gasteiger partial charge in [0.25, 0.3) is 5.91 Å². The molecule has 172 valence electrons. The van der Waals surface area contributed by atoms with Gasteiger partial charge in [-0.05, 0) is 52.3 Å². The Hall–Kier alpha value is -2.75. The van der Waals surface area contributed by atoms with Crippen LogP contribution >= 0.6 is 43.5 Å². The van der Waals surface area contributed by atoms with E-state index in [0.717, 1.165) is 15.9 Å². The van der Waals surface area contributed by atoms with E-state index in [2.05, 4.69) is 47.0 Å². The average Bonchev–Trinajstić information content (AvgIpc) is 2.84. The number of carbonyl (C=O) groups excluding carboxylic acids is 1. The first-order valence-electron chi connectivity index (χ1n) is 10.5. The largest absolute Gasteiger partial charge is 0.421 e. The molecule has 0 aliphatic carbocycles. The van der Waals surface area contributed by atoms with Crippen molar-refractivity contribution >= 4 is 66.2 Å². The Bertz CT molecular complexity index is 1450. The Morgan fingerprint density at radius 1 is 0.971 bits per heavy atom. The molecule has 2 aromatic carbocycles. The Labute approximate surface area is 216 Å². The zero-order valence-electron chi connectivity index (χ0n) is 17.7. The predicted octanol–water partition coefficient (Wildman–Crippen LogP) is 5.39. The molecule has 1 aliphatic rings. The van der Waals surface area contributed by atoms with Gasteiger partial charge in [-0.15, -0.1) is 10.2 Å². The molecule has 0 spiro atoms. The summed E-state index contributed by atoms with van der Waals surface area (Å²) in [5.74, 6) is 0.384. The highest BCUT2D eigenvalue weighted by atomic mass is 79.9. The minimum absolute atomic E-state index is 0.0230. The molecule has 0 radical (unpaired) electrons. The second-order valence-corrected chi connectivity index (χ2v) is 9.97. The monoisotopic (exact) mass is 602 g/mol. The van der Waals surface area contributed by atoms with Gasteiger partial charge < -0.3 is 14.2 Å². The van der Waals surface area contributed by atoms with E-state index in [1.54, 1.807) is 17.0 Å². The van der Waals surface area contributed by atoms with Gasteiger partial charge in [-0.1, -0.05) is 45.7 Å². The maximum Gasteiger partial charge on any atom is 0.349 e. The molecule has 1 amide bonds. The third-order valence-corrected chi connectivity index (χ3v) is 7.05. The van der Waals surface area contributed by atoms with Crippen LogP contribution in [0.3, 0.4) is 0 Å². The van der Waals surface area contributed by atoms with Gasteiger partial charge in [0.1, 0.15) is 5.56 Å². The Kier molecular flexibility index (Phi) is 6.42. The number of aromatic nitrogens is 2. The molecule has 1 aliphatic heterocycles. The SMILES string of the molecule is O=C(c1cc2cc(Br)cc(Br)c2oc1=O)N1CCN(c2ccc(-c3ccccc3Cl)nn2)CC1. The van der Waals surface area contributed by atoms with Crippen LogP contribution in [0, 0.1) is 0 Å². The lowest BCUT2D eigenvalue weighted by atomic mass is 10.1. The van der Waals surface area contributed by atoms with Gasteiger partial charge in [0, 0.05) is 41.6 Å². The van der Waals surface area contributed by atoms with Crippen molar-refractivity contribution in [1.29, 1.82) is 0 Å². The molecule has 0 unspecified atom stereocenters. The number of hydrogen-bond donors (Lipinski definition) is 0. The Morgan fingerprint density at radius 3 is 2.44 bits per heavy atom. The fourth-order valence-electron chi connectivity index (χ4n) is 3.92. The minimum Gasteiger partial charge on any atom is -0.421 e. The predicted molar refractivity (Wildman–Crippen MR) is 138 cm³/mol. The first-order chi connectivity index (χ1) is 16.4. The molecule has 1 saturated heterocycles. The summed E-state index contributed by atoms with van der Waals surface area (Å²) in [6, 6.07) is 16.5. The summed E-state index contributed by atoms with van der Waals surface area (Å²) in [5.41, 5.74) is 1.31. The number of rotatable bonds is 3. The van der Waals surface area contributed by atoms with Crippen molar-refractivity contribution in [3.05, 3.63) is 84.5 Å². The topological polar surface area (TPSA) is 79.5 Å². The second kappa shape index (κ2) is 9.48. The molecule has 0 saturated carbocycles. The van der Waals surface area contributed by atoms with E-state index in [0.29, 0.717) is 52.3 Å². The highest BCUT2D eigenvalue weighted by Crippen LogP contribution is 2.29. The maximum absolute atomic E-state index is 13.1. The summed E-state index contributed by atoms with van der Waals surface area (Å²) >= 11 is 13.1. The number of piperazine rings is 1. The molecule has 0 bridgehead atoms. The van der Waals surface area contributed by atoms with Crippen molar-refractivity contribution in [2.24, 2.45) is 0 Å². The van der Waals surface area contributed by atoms with Crippen LogP contribution < -0.4 is 10.5 Å². The number of anilines is 1. The number of hydrogen-bond acceptors (Lipinski definition) is 6. The van der Waals surface area contributed by atoms with Crippen LogP contribution in [0.15, 0.2) is 72.8 Å². The van der Waals surface area contributed by atoms with E-state index in [1.165, 1.54) is 0 Å². The Morgan fingerprint density at radius 2 is 1.74 bits per heavy atom. The molecule has 2 aromatic heterocycles. The van der Waals surface area contributed by atoms with E-state index in [4.69, 9.17) is 16.0 Å². The molecule has 1 fully saturated rings. The van der Waals surface area contributed by atoms with Gasteiger partial charge in [0.2, 0.25) is 0 Å². The number of carbonyl (C=O) groups is 1. The number of amides is 1. The molecular weight excluding hydrogens is 588 g/mol. The normalized spacial score (nSPS) is 14.0. The lowest BCUT2D eigenvalue weighted by molar-refractivity contribution is 0.0742. The van der Waals surface area contributed by atoms with Crippen molar-refractivity contribution in [2.45, 2.75) is 0 Å². The zero-order chi connectivity index (χ0) is 23.8. The number of nitrogens with zero attached hydrogens (tertiary/aromatic N) is 4. The fraction of sp³-hybridized carbons (Fsp3) is 0.167. The van der Waals surface area contributed by atoms with Gasteiger partial charge in [0.15, 0.2) is 11.4 Å². The third kappa shape index (κ3) is 4.47. The highest BCUT2D eigenvalue weighted by Gasteiger charge is 2.26. The number of fused-ring (bicyclic) bond motifs is 1. The summed E-state index contributed by atoms with van der Waals surface area (Å²) in [4.78, 5) is 29.3. The standard InChI is InChI=1S/C24H17Br2ClN4O3/c25-15-11-14-12-17(24(33)34-22(14)18(26)13-15)23(32)31-9-7-30(8-10-31)21-6-5-20(28-29-21)16-3-1-2-4-19(16)27/h1-6,11-13H,7-10H2. The third-order valence-electron chi connectivity index (χ3n) is 5.67. The van der Waals surface area contributed by atoms with Crippen molar-refractivity contribution < 1.29 is 9.21 Å².